The van der Waals surface area contributed by atoms with E-state index in [9.17, 15) is 4.79 Å². The van der Waals surface area contributed by atoms with Gasteiger partial charge < -0.3 is 4.90 Å². The number of rotatable bonds is 2. The highest BCUT2D eigenvalue weighted by Crippen LogP contribution is 2.34. The molecule has 0 bridgehead atoms. The Labute approximate surface area is 89.1 Å². The number of hydrogen-bond donors (Lipinski definition) is 0. The highest BCUT2D eigenvalue weighted by Gasteiger charge is 2.29. The summed E-state index contributed by atoms with van der Waals surface area (Å²) in [5.41, 5.74) is 2.28. The van der Waals surface area contributed by atoms with Gasteiger partial charge in [-0.3, -0.25) is 9.78 Å². The van der Waals surface area contributed by atoms with E-state index in [1.165, 1.54) is 18.4 Å². The van der Waals surface area contributed by atoms with E-state index < -0.39 is 0 Å². The predicted molar refractivity (Wildman–Crippen MR) is 55.8 cm³/mol. The third kappa shape index (κ3) is 1.74. The second kappa shape index (κ2) is 3.33. The molecule has 3 nitrogen and oxygen atoms in total. The van der Waals surface area contributed by atoms with Gasteiger partial charge in [0.1, 0.15) is 0 Å². The zero-order valence-corrected chi connectivity index (χ0v) is 8.65. The highest BCUT2D eigenvalue weighted by atomic mass is 16.2. The fourth-order valence-electron chi connectivity index (χ4n) is 2.07. The van der Waals surface area contributed by atoms with Crippen LogP contribution in [0.15, 0.2) is 18.3 Å². The largest absolute Gasteiger partial charge is 0.332 e. The predicted octanol–water partition coefficient (Wildman–Crippen LogP) is 1.72. The lowest BCUT2D eigenvalue weighted by molar-refractivity contribution is -0.132. The van der Waals surface area contributed by atoms with Crippen molar-refractivity contribution in [2.75, 3.05) is 0 Å². The second-order valence-corrected chi connectivity index (χ2v) is 4.51. The minimum absolute atomic E-state index is 0.301. The molecular weight excluding hydrogens is 188 g/mol. The van der Waals surface area contributed by atoms with Gasteiger partial charge in [-0.2, -0.15) is 0 Å². The Morgan fingerprint density at radius 2 is 2.33 bits per heavy atom. The molecule has 2 aliphatic rings. The molecule has 1 aromatic heterocycles. The fraction of sp³-hybridized carbons (Fsp3) is 0.500. The maximum atomic E-state index is 11.9. The van der Waals surface area contributed by atoms with E-state index in [-0.39, 0.29) is 0 Å². The number of amides is 1. The van der Waals surface area contributed by atoms with Gasteiger partial charge >= 0.3 is 0 Å². The molecule has 1 fully saturated rings. The third-order valence-corrected chi connectivity index (χ3v) is 3.20. The molecule has 1 aromatic rings. The van der Waals surface area contributed by atoms with Crippen LogP contribution in [0.3, 0.4) is 0 Å². The van der Waals surface area contributed by atoms with Crippen molar-refractivity contribution in [2.45, 2.75) is 32.4 Å². The highest BCUT2D eigenvalue weighted by molar-refractivity contribution is 5.77. The lowest BCUT2D eigenvalue weighted by atomic mass is 10.2. The summed E-state index contributed by atoms with van der Waals surface area (Å²) in [5.74, 6) is 0.977. The first-order chi connectivity index (χ1) is 7.33. The van der Waals surface area contributed by atoms with Gasteiger partial charge in [-0.15, -0.1) is 0 Å². The van der Waals surface area contributed by atoms with Gasteiger partial charge in [0.2, 0.25) is 5.91 Å². The third-order valence-electron chi connectivity index (χ3n) is 3.20. The summed E-state index contributed by atoms with van der Waals surface area (Å²) in [5, 5.41) is 0. The molecule has 78 valence electrons. The van der Waals surface area contributed by atoms with Gasteiger partial charge in [0.15, 0.2) is 0 Å². The van der Waals surface area contributed by atoms with Gasteiger partial charge in [-0.25, -0.2) is 0 Å². The number of pyridine rings is 1. The van der Waals surface area contributed by atoms with Crippen LogP contribution in [0.5, 0.6) is 0 Å². The van der Waals surface area contributed by atoms with Gasteiger partial charge in [-0.05, 0) is 30.4 Å². The Balaban J connectivity index is 1.69. The number of aromatic nitrogens is 1. The average molecular weight is 202 g/mol. The fourth-order valence-corrected chi connectivity index (χ4v) is 2.07. The van der Waals surface area contributed by atoms with Crippen molar-refractivity contribution in [2.24, 2.45) is 5.92 Å². The lowest BCUT2D eigenvalue weighted by Gasteiger charge is -2.14. The standard InChI is InChI=1S/C12H14N2O/c15-12(6-9-3-4-9)14-7-10-2-1-5-13-11(10)8-14/h1-2,5,9H,3-4,6-8H2. The average Bonchev–Trinajstić information content (AvgIpc) is 2.95. The van der Waals surface area contributed by atoms with Gasteiger partial charge in [-0.1, -0.05) is 6.07 Å². The Kier molecular flexibility index (Phi) is 1.97. The summed E-state index contributed by atoms with van der Waals surface area (Å²) in [6, 6.07) is 4.00. The second-order valence-electron chi connectivity index (χ2n) is 4.51. The zero-order chi connectivity index (χ0) is 10.3. The smallest absolute Gasteiger partial charge is 0.223 e. The molecule has 0 saturated heterocycles. The summed E-state index contributed by atoms with van der Waals surface area (Å²) in [6.45, 7) is 1.47. The number of fused-ring (bicyclic) bond motifs is 1. The van der Waals surface area contributed by atoms with Crippen LogP contribution in [0.25, 0.3) is 0 Å². The quantitative estimate of drug-likeness (QED) is 0.731. The molecule has 0 atom stereocenters. The molecule has 0 unspecified atom stereocenters. The lowest BCUT2D eigenvalue weighted by Crippen LogP contribution is -2.25. The first-order valence-electron chi connectivity index (χ1n) is 5.53. The summed E-state index contributed by atoms with van der Waals surface area (Å²) >= 11 is 0. The van der Waals surface area contributed by atoms with Crippen molar-refractivity contribution in [1.82, 2.24) is 9.88 Å². The van der Waals surface area contributed by atoms with Gasteiger partial charge in [0.25, 0.3) is 0 Å². The van der Waals surface area contributed by atoms with E-state index in [1.54, 1.807) is 6.20 Å². The van der Waals surface area contributed by atoms with E-state index in [0.29, 0.717) is 18.4 Å². The molecule has 1 aliphatic heterocycles. The maximum absolute atomic E-state index is 11.9. The minimum atomic E-state index is 0.301. The molecule has 3 rings (SSSR count). The van der Waals surface area contributed by atoms with Crippen molar-refractivity contribution >= 4 is 5.91 Å². The molecule has 2 heterocycles. The Morgan fingerprint density at radius 3 is 3.07 bits per heavy atom. The summed E-state index contributed by atoms with van der Waals surface area (Å²) in [6.07, 6.45) is 5.03. The van der Waals surface area contributed by atoms with Crippen LogP contribution in [0, 0.1) is 5.92 Å². The van der Waals surface area contributed by atoms with Crippen LogP contribution in [0.2, 0.25) is 0 Å². The van der Waals surface area contributed by atoms with Crippen molar-refractivity contribution in [3.8, 4) is 0 Å². The molecule has 3 heteroatoms. The van der Waals surface area contributed by atoms with E-state index in [0.717, 1.165) is 18.7 Å². The Bertz CT molecular complexity index is 373. The molecule has 1 amide bonds. The van der Waals surface area contributed by atoms with Crippen LogP contribution in [-0.4, -0.2) is 15.8 Å². The van der Waals surface area contributed by atoms with Crippen LogP contribution < -0.4 is 0 Å². The first-order valence-corrected chi connectivity index (χ1v) is 5.53. The van der Waals surface area contributed by atoms with Gasteiger partial charge in [0.05, 0.1) is 12.2 Å². The number of nitrogens with zero attached hydrogens (tertiary/aromatic N) is 2. The van der Waals surface area contributed by atoms with Crippen LogP contribution in [0.4, 0.5) is 0 Å². The maximum Gasteiger partial charge on any atom is 0.223 e. The molecule has 0 spiro atoms. The van der Waals surface area contributed by atoms with E-state index in [2.05, 4.69) is 11.1 Å². The summed E-state index contributed by atoms with van der Waals surface area (Å²) in [7, 11) is 0. The topological polar surface area (TPSA) is 33.2 Å². The molecule has 1 saturated carbocycles. The van der Waals surface area contributed by atoms with Crippen molar-refractivity contribution < 1.29 is 4.79 Å². The van der Waals surface area contributed by atoms with E-state index in [4.69, 9.17) is 0 Å². The van der Waals surface area contributed by atoms with E-state index in [1.807, 2.05) is 11.0 Å². The normalized spacial score (nSPS) is 19.1. The minimum Gasteiger partial charge on any atom is -0.332 e. The van der Waals surface area contributed by atoms with E-state index >= 15 is 0 Å². The number of hydrogen-bond acceptors (Lipinski definition) is 2. The van der Waals surface area contributed by atoms with Crippen molar-refractivity contribution in [3.05, 3.63) is 29.6 Å². The van der Waals surface area contributed by atoms with Crippen LogP contribution in [-0.2, 0) is 17.9 Å². The molecule has 1 aliphatic carbocycles. The Hall–Kier alpha value is -1.38. The number of carbonyl (C=O) groups excluding carboxylic acids is 1. The van der Waals surface area contributed by atoms with Crippen molar-refractivity contribution in [1.29, 1.82) is 0 Å². The summed E-state index contributed by atoms with van der Waals surface area (Å²) in [4.78, 5) is 18.1. The Morgan fingerprint density at radius 1 is 1.47 bits per heavy atom. The number of carbonyl (C=O) groups is 1. The van der Waals surface area contributed by atoms with Gasteiger partial charge in [0, 0.05) is 19.2 Å². The first kappa shape index (κ1) is 8.89. The molecular formula is C12H14N2O. The molecule has 15 heavy (non-hydrogen) atoms. The van der Waals surface area contributed by atoms with Crippen LogP contribution >= 0.6 is 0 Å². The summed E-state index contributed by atoms with van der Waals surface area (Å²) < 4.78 is 0. The van der Waals surface area contributed by atoms with Crippen LogP contribution in [0.1, 0.15) is 30.5 Å². The molecule has 0 N–H and O–H groups in total. The molecule has 0 aromatic carbocycles. The zero-order valence-electron chi connectivity index (χ0n) is 8.65. The monoisotopic (exact) mass is 202 g/mol. The van der Waals surface area contributed by atoms with Crippen molar-refractivity contribution in [3.63, 3.8) is 0 Å². The molecule has 0 radical (unpaired) electrons. The SMILES string of the molecule is O=C(CC1CC1)N1Cc2cccnc2C1.